The van der Waals surface area contributed by atoms with Gasteiger partial charge in [0.2, 0.25) is 15.9 Å². The lowest BCUT2D eigenvalue weighted by atomic mass is 10.1. The number of hydrogen-bond donors (Lipinski definition) is 4. The lowest BCUT2D eigenvalue weighted by Crippen LogP contribution is -2.45. The molecule has 2 amide bonds. The number of carbonyl (C=O) groups excluding carboxylic acids is 2. The summed E-state index contributed by atoms with van der Waals surface area (Å²) in [5.74, 6) is -4.22. The van der Waals surface area contributed by atoms with Crippen LogP contribution in [0.1, 0.15) is 44.6 Å². The lowest BCUT2D eigenvalue weighted by molar-refractivity contribution is -0.122. The van der Waals surface area contributed by atoms with Crippen molar-refractivity contribution in [2.45, 2.75) is 62.5 Å². The highest BCUT2D eigenvalue weighted by Gasteiger charge is 2.35. The molecule has 0 aliphatic heterocycles. The second kappa shape index (κ2) is 14.9. The number of aliphatic hydroxyl groups excluding tert-OH is 2. The van der Waals surface area contributed by atoms with Gasteiger partial charge in [0.1, 0.15) is 0 Å². The van der Waals surface area contributed by atoms with Gasteiger partial charge in [0, 0.05) is 19.0 Å². The monoisotopic (exact) mass is 523 g/mol. The second-order valence-electron chi connectivity index (χ2n) is 7.98. The van der Waals surface area contributed by atoms with E-state index in [1.807, 2.05) is 12.2 Å². The smallest absolute Gasteiger partial charge is 0.407 e. The van der Waals surface area contributed by atoms with Crippen molar-refractivity contribution in [3.8, 4) is 0 Å². The highest BCUT2D eigenvalue weighted by Crippen LogP contribution is 2.26. The summed E-state index contributed by atoms with van der Waals surface area (Å²) in [6, 6.07) is 4.47. The normalized spacial score (nSPS) is 12.9. The number of unbranched alkanes of at least 4 members (excludes halogenated alkanes) is 2. The van der Waals surface area contributed by atoms with Gasteiger partial charge in [-0.2, -0.15) is 4.31 Å². The number of benzene rings is 1. The minimum Gasteiger partial charge on any atom is -0.453 e. The zero-order valence-electron chi connectivity index (χ0n) is 20.0. The van der Waals surface area contributed by atoms with Crippen LogP contribution in [-0.4, -0.2) is 80.3 Å². The Labute approximate surface area is 204 Å². The van der Waals surface area contributed by atoms with Gasteiger partial charge < -0.3 is 25.6 Å². The number of sulfonamides is 1. The zero-order chi connectivity index (χ0) is 26.5. The number of nitrogens with zero attached hydrogens (tertiary/aromatic N) is 1. The fraction of sp³-hybridized carbons (Fsp3) is 0.636. The number of alkyl halides is 2. The number of aliphatic hydroxyl groups is 2. The summed E-state index contributed by atoms with van der Waals surface area (Å²) >= 11 is 0. The minimum absolute atomic E-state index is 0.0463. The standard InChI is InChI=1S/C22H35F2N3O7S/c1-3-4-5-12-27(35(32,33)19-8-6-17(14-28)7-9-19)18(15-29)10-11-22(23,24)16-26-20(30)13-25-21(31)34-2/h6-9,18,28-29H,3-5,10-16H2,1-2H3,(H,25,31)(H,26,30). The second-order valence-corrected chi connectivity index (χ2v) is 9.87. The van der Waals surface area contributed by atoms with Crippen molar-refractivity contribution < 1.29 is 41.7 Å². The molecule has 0 aromatic heterocycles. The molecule has 0 saturated heterocycles. The Hall–Kier alpha value is -2.35. The molecule has 0 aliphatic carbocycles. The highest BCUT2D eigenvalue weighted by molar-refractivity contribution is 7.89. The molecule has 0 bridgehead atoms. The van der Waals surface area contributed by atoms with E-state index in [0.717, 1.165) is 24.3 Å². The van der Waals surface area contributed by atoms with Crippen LogP contribution in [0.3, 0.4) is 0 Å². The molecule has 0 heterocycles. The Morgan fingerprint density at radius 1 is 1.14 bits per heavy atom. The Bertz CT molecular complexity index is 899. The summed E-state index contributed by atoms with van der Waals surface area (Å²) in [5, 5.41) is 23.2. The van der Waals surface area contributed by atoms with Crippen LogP contribution in [0.15, 0.2) is 29.2 Å². The number of carbonyl (C=O) groups is 2. The molecule has 10 nitrogen and oxygen atoms in total. The van der Waals surface area contributed by atoms with E-state index in [4.69, 9.17) is 0 Å². The average molecular weight is 524 g/mol. The third kappa shape index (κ3) is 10.4. The molecule has 1 rings (SSSR count). The van der Waals surface area contributed by atoms with Gasteiger partial charge in [0.15, 0.2) is 0 Å². The molecule has 4 N–H and O–H groups in total. The largest absolute Gasteiger partial charge is 0.453 e. The van der Waals surface area contributed by atoms with Crippen LogP contribution in [-0.2, 0) is 26.2 Å². The molecule has 1 atom stereocenters. The van der Waals surface area contributed by atoms with Crippen LogP contribution < -0.4 is 10.6 Å². The van der Waals surface area contributed by atoms with E-state index >= 15 is 0 Å². The van der Waals surface area contributed by atoms with Crippen molar-refractivity contribution in [3.05, 3.63) is 29.8 Å². The lowest BCUT2D eigenvalue weighted by Gasteiger charge is -2.31. The van der Waals surface area contributed by atoms with Gasteiger partial charge in [-0.3, -0.25) is 4.79 Å². The SMILES string of the molecule is CCCCCN(C(CO)CCC(F)(F)CNC(=O)CNC(=O)OC)S(=O)(=O)c1ccc(CO)cc1. The van der Waals surface area contributed by atoms with Crippen LogP contribution >= 0.6 is 0 Å². The van der Waals surface area contributed by atoms with Gasteiger partial charge in [0.25, 0.3) is 5.92 Å². The van der Waals surface area contributed by atoms with Crippen molar-refractivity contribution >= 4 is 22.0 Å². The molecule has 200 valence electrons. The first kappa shape index (κ1) is 30.7. The van der Waals surface area contributed by atoms with E-state index in [0.29, 0.717) is 12.0 Å². The third-order valence-electron chi connectivity index (χ3n) is 5.28. The van der Waals surface area contributed by atoms with Crippen molar-refractivity contribution in [1.29, 1.82) is 0 Å². The number of halogens is 2. The van der Waals surface area contributed by atoms with E-state index in [2.05, 4.69) is 10.1 Å². The molecule has 0 radical (unpaired) electrons. The molecule has 0 saturated carbocycles. The molecule has 35 heavy (non-hydrogen) atoms. The number of methoxy groups -OCH3 is 1. The first-order valence-electron chi connectivity index (χ1n) is 11.3. The molecule has 0 spiro atoms. The molecular formula is C22H35F2N3O7S. The van der Waals surface area contributed by atoms with Gasteiger partial charge in [0.05, 0.1) is 38.3 Å². The Balaban J connectivity index is 2.90. The molecular weight excluding hydrogens is 488 g/mol. The third-order valence-corrected chi connectivity index (χ3v) is 7.24. The topological polar surface area (TPSA) is 145 Å². The minimum atomic E-state index is -4.10. The van der Waals surface area contributed by atoms with Gasteiger partial charge >= 0.3 is 6.09 Å². The molecule has 1 aromatic rings. The van der Waals surface area contributed by atoms with Crippen LogP contribution in [0.5, 0.6) is 0 Å². The quantitative estimate of drug-likeness (QED) is 0.241. The molecule has 0 aliphatic rings. The van der Waals surface area contributed by atoms with Crippen LogP contribution in [0, 0.1) is 0 Å². The van der Waals surface area contributed by atoms with Gasteiger partial charge in [-0.25, -0.2) is 22.0 Å². The van der Waals surface area contributed by atoms with E-state index in [1.54, 1.807) is 0 Å². The number of hydrogen-bond acceptors (Lipinski definition) is 7. The Morgan fingerprint density at radius 3 is 2.34 bits per heavy atom. The fourth-order valence-electron chi connectivity index (χ4n) is 3.23. The summed E-state index contributed by atoms with van der Waals surface area (Å²) in [7, 11) is -3.01. The zero-order valence-corrected chi connectivity index (χ0v) is 20.8. The van der Waals surface area contributed by atoms with Gasteiger partial charge in [-0.05, 0) is 30.5 Å². The van der Waals surface area contributed by atoms with Crippen LogP contribution in [0.2, 0.25) is 0 Å². The maximum atomic E-state index is 14.4. The number of nitrogens with one attached hydrogen (secondary N) is 2. The summed E-state index contributed by atoms with van der Waals surface area (Å²) in [6.45, 7) is -0.496. The van der Waals surface area contributed by atoms with E-state index in [-0.39, 0.29) is 24.5 Å². The van der Waals surface area contributed by atoms with Crippen molar-refractivity contribution in [2.75, 3.05) is 33.4 Å². The van der Waals surface area contributed by atoms with E-state index < -0.39 is 60.1 Å². The number of rotatable bonds is 16. The summed E-state index contributed by atoms with van der Waals surface area (Å²) < 4.78 is 60.7. The number of alkyl carbamates (subject to hydrolysis) is 1. The molecule has 0 fully saturated rings. The van der Waals surface area contributed by atoms with Crippen molar-refractivity contribution in [3.63, 3.8) is 0 Å². The van der Waals surface area contributed by atoms with E-state index in [1.165, 1.54) is 24.3 Å². The van der Waals surface area contributed by atoms with Gasteiger partial charge in [-0.1, -0.05) is 31.9 Å². The average Bonchev–Trinajstić information content (AvgIpc) is 2.85. The first-order chi connectivity index (χ1) is 16.5. The highest BCUT2D eigenvalue weighted by atomic mass is 32.2. The maximum Gasteiger partial charge on any atom is 0.407 e. The van der Waals surface area contributed by atoms with Gasteiger partial charge in [-0.15, -0.1) is 0 Å². The molecule has 1 aromatic carbocycles. The Morgan fingerprint density at radius 2 is 1.80 bits per heavy atom. The first-order valence-corrected chi connectivity index (χ1v) is 12.7. The number of ether oxygens (including phenoxy) is 1. The summed E-state index contributed by atoms with van der Waals surface area (Å²) in [4.78, 5) is 22.5. The summed E-state index contributed by atoms with van der Waals surface area (Å²) in [5.41, 5.74) is 0.517. The molecule has 1 unspecified atom stereocenters. The Kier molecular flexibility index (Phi) is 13.1. The summed E-state index contributed by atoms with van der Waals surface area (Å²) in [6.07, 6.45) is 0.00107. The van der Waals surface area contributed by atoms with Crippen LogP contribution in [0.4, 0.5) is 13.6 Å². The van der Waals surface area contributed by atoms with Crippen molar-refractivity contribution in [1.82, 2.24) is 14.9 Å². The molecule has 13 heteroatoms. The fourth-order valence-corrected chi connectivity index (χ4v) is 4.91. The van der Waals surface area contributed by atoms with Crippen LogP contribution in [0.25, 0.3) is 0 Å². The predicted octanol–water partition coefficient (Wildman–Crippen LogP) is 1.61. The van der Waals surface area contributed by atoms with Crippen molar-refractivity contribution in [2.24, 2.45) is 0 Å². The predicted molar refractivity (Wildman–Crippen MR) is 124 cm³/mol. The number of amides is 2. The maximum absolute atomic E-state index is 14.4. The van der Waals surface area contributed by atoms with E-state index in [9.17, 15) is 37.0 Å².